The average molecular weight is 281 g/mol. The Bertz CT molecular complexity index is 334. The smallest absolute Gasteiger partial charge is 0.324 e. The van der Waals surface area contributed by atoms with Crippen LogP contribution in [0.1, 0.15) is 65.7 Å². The summed E-state index contributed by atoms with van der Waals surface area (Å²) in [6.07, 6.45) is 7.93. The SMILES string of the molecule is CC1CCC(C(C)C)C(C(=O)O)(N2CCCCCC2)C1. The molecule has 0 aromatic rings. The highest BCUT2D eigenvalue weighted by Crippen LogP contribution is 2.45. The van der Waals surface area contributed by atoms with Crippen molar-refractivity contribution in [3.05, 3.63) is 0 Å². The molecule has 1 heterocycles. The monoisotopic (exact) mass is 281 g/mol. The summed E-state index contributed by atoms with van der Waals surface area (Å²) < 4.78 is 0. The number of hydrogen-bond acceptors (Lipinski definition) is 2. The number of carboxylic acid groups (broad SMARTS) is 1. The van der Waals surface area contributed by atoms with Crippen LogP contribution in [0.25, 0.3) is 0 Å². The Hall–Kier alpha value is -0.570. The number of nitrogens with zero attached hydrogens (tertiary/aromatic N) is 1. The molecule has 0 aromatic carbocycles. The van der Waals surface area contributed by atoms with Crippen molar-refractivity contribution in [2.75, 3.05) is 13.1 Å². The van der Waals surface area contributed by atoms with Gasteiger partial charge in [0.25, 0.3) is 0 Å². The zero-order valence-electron chi connectivity index (χ0n) is 13.4. The Morgan fingerprint density at radius 1 is 1.15 bits per heavy atom. The number of carboxylic acids is 1. The molecule has 1 aliphatic carbocycles. The molecule has 0 spiro atoms. The van der Waals surface area contributed by atoms with Crippen LogP contribution in [0.5, 0.6) is 0 Å². The van der Waals surface area contributed by atoms with E-state index in [0.717, 1.165) is 38.8 Å². The van der Waals surface area contributed by atoms with E-state index in [2.05, 4.69) is 25.7 Å². The molecule has 1 saturated heterocycles. The number of likely N-dealkylation sites (tertiary alicyclic amines) is 1. The van der Waals surface area contributed by atoms with E-state index in [1.54, 1.807) is 0 Å². The summed E-state index contributed by atoms with van der Waals surface area (Å²) in [4.78, 5) is 14.7. The zero-order valence-corrected chi connectivity index (χ0v) is 13.4. The largest absolute Gasteiger partial charge is 0.480 e. The van der Waals surface area contributed by atoms with Crippen LogP contribution in [0.15, 0.2) is 0 Å². The molecule has 0 bridgehead atoms. The van der Waals surface area contributed by atoms with Gasteiger partial charge in [0.2, 0.25) is 0 Å². The van der Waals surface area contributed by atoms with Gasteiger partial charge in [-0.15, -0.1) is 0 Å². The van der Waals surface area contributed by atoms with Crippen molar-refractivity contribution in [3.8, 4) is 0 Å². The molecule has 0 amide bonds. The van der Waals surface area contributed by atoms with E-state index in [4.69, 9.17) is 0 Å². The Morgan fingerprint density at radius 2 is 1.75 bits per heavy atom. The van der Waals surface area contributed by atoms with Crippen molar-refractivity contribution < 1.29 is 9.90 Å². The van der Waals surface area contributed by atoms with Gasteiger partial charge in [-0.25, -0.2) is 0 Å². The van der Waals surface area contributed by atoms with Gasteiger partial charge in [0.1, 0.15) is 5.54 Å². The van der Waals surface area contributed by atoms with Crippen molar-refractivity contribution in [1.29, 1.82) is 0 Å². The molecule has 0 radical (unpaired) electrons. The lowest BCUT2D eigenvalue weighted by atomic mass is 9.64. The van der Waals surface area contributed by atoms with Gasteiger partial charge < -0.3 is 5.11 Å². The van der Waals surface area contributed by atoms with Crippen LogP contribution in [0, 0.1) is 17.8 Å². The lowest BCUT2D eigenvalue weighted by molar-refractivity contribution is -0.163. The van der Waals surface area contributed by atoms with Gasteiger partial charge in [-0.1, -0.05) is 40.0 Å². The first-order valence-electron chi connectivity index (χ1n) is 8.47. The van der Waals surface area contributed by atoms with E-state index < -0.39 is 11.5 Å². The average Bonchev–Trinajstić information content (AvgIpc) is 2.66. The fraction of sp³-hybridized carbons (Fsp3) is 0.941. The summed E-state index contributed by atoms with van der Waals surface area (Å²) in [6, 6.07) is 0. The third-order valence-corrected chi connectivity index (χ3v) is 5.59. The van der Waals surface area contributed by atoms with Crippen molar-refractivity contribution in [3.63, 3.8) is 0 Å². The molecule has 116 valence electrons. The van der Waals surface area contributed by atoms with Crippen molar-refractivity contribution in [2.45, 2.75) is 71.3 Å². The molecule has 1 N–H and O–H groups in total. The van der Waals surface area contributed by atoms with Crippen molar-refractivity contribution >= 4 is 5.97 Å². The third-order valence-electron chi connectivity index (χ3n) is 5.59. The van der Waals surface area contributed by atoms with Crippen LogP contribution < -0.4 is 0 Å². The Kier molecular flexibility index (Phi) is 5.11. The van der Waals surface area contributed by atoms with Gasteiger partial charge in [0, 0.05) is 0 Å². The fourth-order valence-corrected chi connectivity index (χ4v) is 4.59. The molecule has 3 atom stereocenters. The van der Waals surface area contributed by atoms with Gasteiger partial charge >= 0.3 is 5.97 Å². The van der Waals surface area contributed by atoms with Gasteiger partial charge in [-0.2, -0.15) is 0 Å². The second-order valence-corrected chi connectivity index (χ2v) is 7.37. The van der Waals surface area contributed by atoms with Crippen LogP contribution in [-0.4, -0.2) is 34.6 Å². The maximum absolute atomic E-state index is 12.3. The van der Waals surface area contributed by atoms with Gasteiger partial charge in [-0.3, -0.25) is 9.69 Å². The second kappa shape index (κ2) is 6.46. The van der Waals surface area contributed by atoms with E-state index in [9.17, 15) is 9.90 Å². The van der Waals surface area contributed by atoms with Gasteiger partial charge in [0.15, 0.2) is 0 Å². The molecule has 3 heteroatoms. The molecule has 3 unspecified atom stereocenters. The minimum atomic E-state index is -0.601. The molecule has 2 aliphatic rings. The number of rotatable bonds is 3. The summed E-state index contributed by atoms with van der Waals surface area (Å²) in [5.41, 5.74) is -0.601. The lowest BCUT2D eigenvalue weighted by Crippen LogP contribution is -2.63. The molecule has 20 heavy (non-hydrogen) atoms. The van der Waals surface area contributed by atoms with Crippen molar-refractivity contribution in [1.82, 2.24) is 4.90 Å². The van der Waals surface area contributed by atoms with E-state index >= 15 is 0 Å². The first-order valence-corrected chi connectivity index (χ1v) is 8.47. The topological polar surface area (TPSA) is 40.5 Å². The van der Waals surface area contributed by atoms with Crippen LogP contribution in [0.4, 0.5) is 0 Å². The molecule has 2 rings (SSSR count). The second-order valence-electron chi connectivity index (χ2n) is 7.37. The quantitative estimate of drug-likeness (QED) is 0.856. The number of carbonyl (C=O) groups is 1. The zero-order chi connectivity index (χ0) is 14.8. The fourth-order valence-electron chi connectivity index (χ4n) is 4.59. The molecular formula is C17H31NO2. The lowest BCUT2D eigenvalue weighted by Gasteiger charge is -2.51. The summed E-state index contributed by atoms with van der Waals surface area (Å²) >= 11 is 0. The first-order chi connectivity index (χ1) is 9.48. The van der Waals surface area contributed by atoms with Crippen LogP contribution in [-0.2, 0) is 4.79 Å². The summed E-state index contributed by atoms with van der Waals surface area (Å²) in [5, 5.41) is 10.1. The molecule has 2 fully saturated rings. The van der Waals surface area contributed by atoms with Crippen LogP contribution in [0.3, 0.4) is 0 Å². The molecule has 0 aromatic heterocycles. The predicted molar refractivity (Wildman–Crippen MR) is 81.8 cm³/mol. The number of aliphatic carboxylic acids is 1. The standard InChI is InChI=1S/C17H31NO2/c1-13(2)15-9-8-14(3)12-17(15,16(19)20)18-10-6-4-5-7-11-18/h13-15H,4-12H2,1-3H3,(H,19,20). The summed E-state index contributed by atoms with van der Waals surface area (Å²) in [5.74, 6) is 0.713. The predicted octanol–water partition coefficient (Wildman–Crippen LogP) is 3.78. The maximum atomic E-state index is 12.3. The number of hydrogen-bond donors (Lipinski definition) is 1. The summed E-state index contributed by atoms with van der Waals surface area (Å²) in [6.45, 7) is 8.59. The van der Waals surface area contributed by atoms with Gasteiger partial charge in [0.05, 0.1) is 0 Å². The maximum Gasteiger partial charge on any atom is 0.324 e. The summed E-state index contributed by atoms with van der Waals surface area (Å²) in [7, 11) is 0. The highest BCUT2D eigenvalue weighted by molar-refractivity contribution is 5.79. The van der Waals surface area contributed by atoms with E-state index in [0.29, 0.717) is 17.8 Å². The minimum absolute atomic E-state index is 0.300. The van der Waals surface area contributed by atoms with E-state index in [1.807, 2.05) is 0 Å². The highest BCUT2D eigenvalue weighted by atomic mass is 16.4. The minimum Gasteiger partial charge on any atom is -0.480 e. The molecular weight excluding hydrogens is 250 g/mol. The third kappa shape index (κ3) is 2.88. The van der Waals surface area contributed by atoms with Crippen LogP contribution >= 0.6 is 0 Å². The Morgan fingerprint density at radius 3 is 2.25 bits per heavy atom. The van der Waals surface area contributed by atoms with E-state index in [-0.39, 0.29) is 0 Å². The first kappa shape index (κ1) is 15.8. The highest BCUT2D eigenvalue weighted by Gasteiger charge is 2.53. The van der Waals surface area contributed by atoms with Crippen LogP contribution in [0.2, 0.25) is 0 Å². The van der Waals surface area contributed by atoms with Crippen molar-refractivity contribution in [2.24, 2.45) is 17.8 Å². The Labute approximate surface area is 123 Å². The molecule has 1 aliphatic heterocycles. The Balaban J connectivity index is 2.34. The van der Waals surface area contributed by atoms with Gasteiger partial charge in [-0.05, 0) is 56.5 Å². The normalized spacial score (nSPS) is 36.8. The molecule has 3 nitrogen and oxygen atoms in total. The molecule has 1 saturated carbocycles. The van der Waals surface area contributed by atoms with E-state index in [1.165, 1.54) is 19.3 Å².